The van der Waals surface area contributed by atoms with Crippen molar-refractivity contribution in [3.05, 3.63) is 71.5 Å². The van der Waals surface area contributed by atoms with Crippen LogP contribution in [0.25, 0.3) is 10.9 Å². The predicted molar refractivity (Wildman–Crippen MR) is 108 cm³/mol. The molecule has 0 unspecified atom stereocenters. The fourth-order valence-corrected chi connectivity index (χ4v) is 3.70. The zero-order chi connectivity index (χ0) is 20.4. The molecule has 6 nitrogen and oxygen atoms in total. The molecule has 0 spiro atoms. The van der Waals surface area contributed by atoms with Crippen LogP contribution in [0.2, 0.25) is 0 Å². The number of ketones is 1. The molecule has 4 rings (SSSR count). The van der Waals surface area contributed by atoms with Crippen LogP contribution in [0, 0.1) is 12.7 Å². The van der Waals surface area contributed by atoms with Gasteiger partial charge in [-0.2, -0.15) is 0 Å². The molecule has 0 saturated carbocycles. The Morgan fingerprint density at radius 2 is 1.97 bits per heavy atom. The average Bonchev–Trinajstić information content (AvgIpc) is 3.31. The minimum absolute atomic E-state index is 0.0274. The Bertz CT molecular complexity index is 1170. The summed E-state index contributed by atoms with van der Waals surface area (Å²) in [6.45, 7) is 3.57. The van der Waals surface area contributed by atoms with Gasteiger partial charge in [-0.3, -0.25) is 4.79 Å². The summed E-state index contributed by atoms with van der Waals surface area (Å²) in [6.07, 6.45) is -0.625. The minimum atomic E-state index is -0.625. The Kier molecular flexibility index (Phi) is 5.35. The third-order valence-corrected chi connectivity index (χ3v) is 5.23. The van der Waals surface area contributed by atoms with Gasteiger partial charge in [-0.15, -0.1) is 10.2 Å². The van der Waals surface area contributed by atoms with E-state index in [-0.39, 0.29) is 28.4 Å². The van der Waals surface area contributed by atoms with Crippen molar-refractivity contribution in [1.82, 2.24) is 15.2 Å². The van der Waals surface area contributed by atoms with Gasteiger partial charge in [0.25, 0.3) is 11.1 Å². The van der Waals surface area contributed by atoms with Gasteiger partial charge in [0.05, 0.1) is 5.75 Å². The van der Waals surface area contributed by atoms with Crippen molar-refractivity contribution in [2.24, 2.45) is 0 Å². The number of halogens is 1. The number of carbonyl (C=O) groups excluding carboxylic acids is 1. The first-order chi connectivity index (χ1) is 14.0. The molecule has 0 saturated heterocycles. The van der Waals surface area contributed by atoms with Crippen molar-refractivity contribution in [1.29, 1.82) is 0 Å². The van der Waals surface area contributed by atoms with E-state index in [9.17, 15) is 9.18 Å². The van der Waals surface area contributed by atoms with Crippen LogP contribution in [-0.2, 0) is 0 Å². The van der Waals surface area contributed by atoms with Crippen LogP contribution in [0.15, 0.2) is 58.2 Å². The summed E-state index contributed by atoms with van der Waals surface area (Å²) in [4.78, 5) is 16.0. The highest BCUT2D eigenvalue weighted by Crippen LogP contribution is 2.27. The normalized spacial score (nSPS) is 12.2. The van der Waals surface area contributed by atoms with Gasteiger partial charge >= 0.3 is 0 Å². The second-order valence-corrected chi connectivity index (χ2v) is 7.41. The van der Waals surface area contributed by atoms with Crippen LogP contribution in [0.1, 0.15) is 35.0 Å². The summed E-state index contributed by atoms with van der Waals surface area (Å²) in [6, 6.07) is 13.8. The Hall–Kier alpha value is -3.13. The number of para-hydroxylation sites is 2. The topological polar surface area (TPSA) is 81.0 Å². The maximum absolute atomic E-state index is 13.7. The lowest BCUT2D eigenvalue weighted by atomic mass is 10.1. The Morgan fingerprint density at radius 1 is 1.21 bits per heavy atom. The molecule has 8 heteroatoms. The molecule has 29 heavy (non-hydrogen) atoms. The molecule has 0 aliphatic heterocycles. The summed E-state index contributed by atoms with van der Waals surface area (Å²) in [5, 5.41) is 9.06. The number of carbonyl (C=O) groups is 1. The maximum Gasteiger partial charge on any atom is 0.277 e. The molecule has 1 N–H and O–H groups in total. The molecule has 2 aromatic carbocycles. The molecule has 0 fully saturated rings. The first-order valence-electron chi connectivity index (χ1n) is 9.01. The van der Waals surface area contributed by atoms with E-state index in [2.05, 4.69) is 15.2 Å². The number of nitrogens with one attached hydrogen (secondary N) is 1. The number of aromatic amines is 1. The number of ether oxygens (including phenoxy) is 1. The van der Waals surface area contributed by atoms with Gasteiger partial charge < -0.3 is 14.1 Å². The van der Waals surface area contributed by atoms with E-state index in [1.807, 2.05) is 31.2 Å². The third kappa shape index (κ3) is 4.02. The molecule has 1 atom stereocenters. The van der Waals surface area contributed by atoms with Gasteiger partial charge in [0.15, 0.2) is 23.5 Å². The standard InChI is InChI=1S/C21H18FN3O3S/c1-12-19(14-7-3-5-9-16(14)23-12)17(26)11-29-21-25-24-20(28-21)13(2)27-18-10-6-4-8-15(18)22/h3-10,13,23H,11H2,1-2H3/t13-/m1/s1. The van der Waals surface area contributed by atoms with Crippen LogP contribution in [0.3, 0.4) is 0 Å². The molecule has 2 heterocycles. The molecule has 0 aliphatic carbocycles. The van der Waals surface area contributed by atoms with Crippen molar-refractivity contribution in [3.63, 3.8) is 0 Å². The van der Waals surface area contributed by atoms with E-state index in [4.69, 9.17) is 9.15 Å². The van der Waals surface area contributed by atoms with Gasteiger partial charge in [0, 0.05) is 22.2 Å². The van der Waals surface area contributed by atoms with Gasteiger partial charge in [0.1, 0.15) is 0 Å². The van der Waals surface area contributed by atoms with Crippen LogP contribution < -0.4 is 4.74 Å². The molecule has 0 radical (unpaired) electrons. The highest BCUT2D eigenvalue weighted by Gasteiger charge is 2.20. The lowest BCUT2D eigenvalue weighted by Crippen LogP contribution is -2.04. The van der Waals surface area contributed by atoms with E-state index in [1.165, 1.54) is 12.1 Å². The summed E-state index contributed by atoms with van der Waals surface area (Å²) < 4.78 is 24.8. The number of nitrogens with zero attached hydrogens (tertiary/aromatic N) is 2. The molecule has 4 aromatic rings. The summed E-state index contributed by atoms with van der Waals surface area (Å²) >= 11 is 1.16. The van der Waals surface area contributed by atoms with Gasteiger partial charge in [-0.1, -0.05) is 42.1 Å². The summed E-state index contributed by atoms with van der Waals surface area (Å²) in [5.74, 6) is -0.00949. The van der Waals surface area contributed by atoms with E-state index in [1.54, 1.807) is 19.1 Å². The zero-order valence-corrected chi connectivity index (χ0v) is 16.6. The number of Topliss-reactive ketones (excluding diaryl/α,β-unsaturated/α-hetero) is 1. The van der Waals surface area contributed by atoms with Crippen molar-refractivity contribution >= 4 is 28.4 Å². The molecular formula is C21H18FN3O3S. The molecule has 0 bridgehead atoms. The molecular weight excluding hydrogens is 393 g/mol. The number of hydrogen-bond acceptors (Lipinski definition) is 6. The first kappa shape index (κ1) is 19.2. The molecule has 2 aromatic heterocycles. The van der Waals surface area contributed by atoms with Crippen molar-refractivity contribution < 1.29 is 18.3 Å². The van der Waals surface area contributed by atoms with Crippen LogP contribution in [0.4, 0.5) is 4.39 Å². The fraction of sp³-hybridized carbons (Fsp3) is 0.190. The number of rotatable bonds is 7. The highest BCUT2D eigenvalue weighted by molar-refractivity contribution is 7.99. The first-order valence-corrected chi connectivity index (χ1v) is 9.99. The number of aromatic nitrogens is 3. The van der Waals surface area contributed by atoms with Gasteiger partial charge in [-0.25, -0.2) is 4.39 Å². The van der Waals surface area contributed by atoms with E-state index < -0.39 is 11.9 Å². The second kappa shape index (κ2) is 8.08. The van der Waals surface area contributed by atoms with E-state index in [0.29, 0.717) is 5.56 Å². The van der Waals surface area contributed by atoms with Crippen molar-refractivity contribution in [2.45, 2.75) is 25.2 Å². The second-order valence-electron chi connectivity index (χ2n) is 6.48. The summed E-state index contributed by atoms with van der Waals surface area (Å²) in [5.41, 5.74) is 2.43. The molecule has 0 amide bonds. The maximum atomic E-state index is 13.7. The van der Waals surface area contributed by atoms with Gasteiger partial charge in [-0.05, 0) is 32.0 Å². The zero-order valence-electron chi connectivity index (χ0n) is 15.8. The lowest BCUT2D eigenvalue weighted by Gasteiger charge is -2.11. The minimum Gasteiger partial charge on any atom is -0.478 e. The van der Waals surface area contributed by atoms with Crippen LogP contribution >= 0.6 is 11.8 Å². The van der Waals surface area contributed by atoms with Gasteiger partial charge in [0.2, 0.25) is 0 Å². The SMILES string of the molecule is Cc1[nH]c2ccccc2c1C(=O)CSc1nnc([C@@H](C)Oc2ccccc2F)o1. The fourth-order valence-electron chi connectivity index (χ4n) is 3.06. The van der Waals surface area contributed by atoms with E-state index >= 15 is 0 Å². The average molecular weight is 411 g/mol. The van der Waals surface area contributed by atoms with Crippen molar-refractivity contribution in [2.75, 3.05) is 5.75 Å². The Labute approximate surface area is 170 Å². The Balaban J connectivity index is 1.42. The highest BCUT2D eigenvalue weighted by atomic mass is 32.2. The van der Waals surface area contributed by atoms with E-state index in [0.717, 1.165) is 28.4 Å². The largest absolute Gasteiger partial charge is 0.478 e. The Morgan fingerprint density at radius 3 is 2.79 bits per heavy atom. The third-order valence-electron chi connectivity index (χ3n) is 4.41. The molecule has 0 aliphatic rings. The quantitative estimate of drug-likeness (QED) is 0.336. The number of benzene rings is 2. The molecule has 148 valence electrons. The predicted octanol–water partition coefficient (Wildman–Crippen LogP) is 5.11. The monoisotopic (exact) mass is 411 g/mol. The summed E-state index contributed by atoms with van der Waals surface area (Å²) in [7, 11) is 0. The smallest absolute Gasteiger partial charge is 0.277 e. The number of aryl methyl sites for hydroxylation is 1. The van der Waals surface area contributed by atoms with Crippen molar-refractivity contribution in [3.8, 4) is 5.75 Å². The number of H-pyrrole nitrogens is 1. The number of thioether (sulfide) groups is 1. The number of hydrogen-bond donors (Lipinski definition) is 1. The lowest BCUT2D eigenvalue weighted by molar-refractivity contribution is 0.102. The van der Waals surface area contributed by atoms with Crippen LogP contribution in [0.5, 0.6) is 5.75 Å². The van der Waals surface area contributed by atoms with Crippen LogP contribution in [-0.4, -0.2) is 26.7 Å². The number of fused-ring (bicyclic) bond motifs is 1.